The number of hydrogen-bond donors (Lipinski definition) is 1. The summed E-state index contributed by atoms with van der Waals surface area (Å²) in [5, 5.41) is 7.00. The Balaban J connectivity index is -0.000000229. The van der Waals surface area contributed by atoms with Gasteiger partial charge in [0.2, 0.25) is 0 Å². The van der Waals surface area contributed by atoms with Crippen molar-refractivity contribution in [3.63, 3.8) is 0 Å². The van der Waals surface area contributed by atoms with Gasteiger partial charge in [-0.2, -0.15) is 52.7 Å². The molecule has 0 fully saturated rings. The molecule has 0 saturated carbocycles. The summed E-state index contributed by atoms with van der Waals surface area (Å²) >= 11 is 0. The van der Waals surface area contributed by atoms with Crippen LogP contribution in [0.1, 0.15) is 19.8 Å². The molecule has 0 aromatic rings. The number of aliphatic hydroxyl groups excluding tert-OH is 1. The van der Waals surface area contributed by atoms with Crippen molar-refractivity contribution >= 4 is 0 Å². The molecule has 1 N–H and O–H groups in total. The van der Waals surface area contributed by atoms with Crippen molar-refractivity contribution < 1.29 is 80.4 Å². The van der Waals surface area contributed by atoms with E-state index < -0.39 is 61.8 Å². The lowest BCUT2D eigenvalue weighted by molar-refractivity contribution is -0.342. The molecule has 0 aliphatic heterocycles. The van der Waals surface area contributed by atoms with Crippen molar-refractivity contribution in [1.29, 1.82) is 0 Å². The number of methoxy groups -OCH3 is 1. The van der Waals surface area contributed by atoms with Gasteiger partial charge in [-0.3, -0.25) is 4.74 Å². The summed E-state index contributed by atoms with van der Waals surface area (Å²) in [7, 11) is 2.17. The lowest BCUT2D eigenvalue weighted by Crippen LogP contribution is -2.54. The Morgan fingerprint density at radius 3 is 1.36 bits per heavy atom. The Bertz CT molecular complexity index is 584. The molecule has 18 heteroatoms. The van der Waals surface area contributed by atoms with Gasteiger partial charge in [0.25, 0.3) is 0 Å². The van der Waals surface area contributed by atoms with Gasteiger partial charge in [0.05, 0.1) is 13.7 Å². The van der Waals surface area contributed by atoms with Gasteiger partial charge >= 0.3 is 42.4 Å². The smallest absolute Gasteiger partial charge is 0.499 e. The Morgan fingerprint density at radius 2 is 1.18 bits per heavy atom. The quantitative estimate of drug-likeness (QED) is 0.213. The minimum absolute atomic E-state index is 0.375. The summed E-state index contributed by atoms with van der Waals surface area (Å²) in [6, 6.07) is 0. The van der Waals surface area contributed by atoms with Crippen molar-refractivity contribution in [3.05, 3.63) is 30.2 Å². The molecule has 0 amide bonds. The lowest BCUT2D eigenvalue weighted by Gasteiger charge is -2.32. The first-order valence-corrected chi connectivity index (χ1v) is 7.62. The van der Waals surface area contributed by atoms with Crippen molar-refractivity contribution in [2.24, 2.45) is 0 Å². The first-order valence-electron chi connectivity index (χ1n) is 7.62. The fourth-order valence-electron chi connectivity index (χ4n) is 1.10. The second-order valence-electron chi connectivity index (χ2n) is 4.67. The monoisotopic (exact) mass is 530 g/mol. The molecular weight excluding hydrogens is 513 g/mol. The third-order valence-electron chi connectivity index (χ3n) is 2.44. The fraction of sp³-hybridized carbons (Fsp3) is 0.667. The van der Waals surface area contributed by atoms with E-state index in [1.165, 1.54) is 7.11 Å². The van der Waals surface area contributed by atoms with Crippen LogP contribution < -0.4 is 0 Å². The maximum atomic E-state index is 12.8. The van der Waals surface area contributed by atoms with Crippen molar-refractivity contribution in [3.8, 4) is 0 Å². The fourth-order valence-corrected chi connectivity index (χ4v) is 1.10. The zero-order valence-electron chi connectivity index (χ0n) is 16.6. The molecule has 0 aromatic carbocycles. The number of hydrogen-bond acceptors (Lipinski definition) is 3. The standard InChI is InChI=1S/C8H9F9O.C3F4.C3H4F2O.CH4O/c1-2-5(9,10)7(13,14)6(11,12)3-4-18-8(15,16)17;4-2(5)1-3(6)7;1-6-2-3(4)5;1-2/h2-4H2,1H3;;2H,1H3;2H,1H3. The summed E-state index contributed by atoms with van der Waals surface area (Å²) in [5.41, 5.74) is 0.472. The third-order valence-corrected chi connectivity index (χ3v) is 2.44. The van der Waals surface area contributed by atoms with Gasteiger partial charge in [-0.25, -0.2) is 0 Å². The summed E-state index contributed by atoms with van der Waals surface area (Å²) in [6.45, 7) is -1.29. The van der Waals surface area contributed by atoms with Gasteiger partial charge < -0.3 is 9.84 Å². The maximum Gasteiger partial charge on any atom is 0.522 e. The Kier molecular flexibility index (Phi) is 20.2. The number of aliphatic hydroxyl groups is 1. The molecular formula is C15H17F15O3. The molecule has 200 valence electrons. The predicted molar refractivity (Wildman–Crippen MR) is 82.2 cm³/mol. The molecule has 0 radical (unpaired) electrons. The van der Waals surface area contributed by atoms with Crippen LogP contribution in [0.5, 0.6) is 0 Å². The van der Waals surface area contributed by atoms with Gasteiger partial charge in [-0.05, 0) is 0 Å². The number of rotatable bonds is 7. The largest absolute Gasteiger partial charge is 0.522 e. The van der Waals surface area contributed by atoms with E-state index in [4.69, 9.17) is 5.11 Å². The molecule has 33 heavy (non-hydrogen) atoms. The summed E-state index contributed by atoms with van der Waals surface area (Å²) < 4.78 is 181. The van der Waals surface area contributed by atoms with Gasteiger partial charge in [-0.1, -0.05) is 6.92 Å². The molecule has 0 saturated heterocycles. The average Bonchev–Trinajstić information content (AvgIpc) is 2.61. The lowest BCUT2D eigenvalue weighted by atomic mass is 10.0. The van der Waals surface area contributed by atoms with Gasteiger partial charge in [0.15, 0.2) is 0 Å². The first-order chi connectivity index (χ1) is 14.7. The summed E-state index contributed by atoms with van der Waals surface area (Å²) in [5.74, 6) is -16.1. The Hall–Kier alpha value is -2.07. The molecule has 0 bridgehead atoms. The van der Waals surface area contributed by atoms with Crippen LogP contribution in [0.25, 0.3) is 0 Å². The van der Waals surface area contributed by atoms with E-state index in [-0.39, 0.29) is 0 Å². The maximum absolute atomic E-state index is 12.8. The second-order valence-corrected chi connectivity index (χ2v) is 4.67. The zero-order valence-corrected chi connectivity index (χ0v) is 16.6. The second kappa shape index (κ2) is 17.4. The molecule has 0 atom stereocenters. The van der Waals surface area contributed by atoms with E-state index in [1.807, 2.05) is 0 Å². The number of ether oxygens (including phenoxy) is 2. The van der Waals surface area contributed by atoms with Crippen LogP contribution >= 0.6 is 0 Å². The van der Waals surface area contributed by atoms with Gasteiger partial charge in [0.1, 0.15) is 6.26 Å². The molecule has 0 rings (SSSR count). The van der Waals surface area contributed by atoms with Crippen LogP contribution in [0.3, 0.4) is 0 Å². The highest BCUT2D eigenvalue weighted by Crippen LogP contribution is 2.48. The summed E-state index contributed by atoms with van der Waals surface area (Å²) in [6.07, 6.45) is -15.5. The minimum atomic E-state index is -5.75. The van der Waals surface area contributed by atoms with Crippen LogP contribution in [-0.2, 0) is 9.47 Å². The van der Waals surface area contributed by atoms with E-state index >= 15 is 0 Å². The van der Waals surface area contributed by atoms with Crippen LogP contribution in [0.15, 0.2) is 30.2 Å². The molecule has 0 aromatic heterocycles. The van der Waals surface area contributed by atoms with Crippen molar-refractivity contribution in [2.45, 2.75) is 43.9 Å². The van der Waals surface area contributed by atoms with E-state index in [9.17, 15) is 65.9 Å². The molecule has 3 nitrogen and oxygen atoms in total. The molecule has 0 aliphatic carbocycles. The van der Waals surface area contributed by atoms with Gasteiger partial charge in [-0.15, -0.1) is 13.2 Å². The highest BCUT2D eigenvalue weighted by molar-refractivity contribution is 4.95. The molecule has 0 unspecified atom stereocenters. The highest BCUT2D eigenvalue weighted by Gasteiger charge is 2.70. The van der Waals surface area contributed by atoms with Crippen LogP contribution in [0.4, 0.5) is 65.9 Å². The Morgan fingerprint density at radius 1 is 0.788 bits per heavy atom. The third kappa shape index (κ3) is 20.3. The topological polar surface area (TPSA) is 38.7 Å². The normalized spacial score (nSPS) is 11.2. The average molecular weight is 530 g/mol. The van der Waals surface area contributed by atoms with E-state index in [0.29, 0.717) is 18.9 Å². The first kappa shape index (κ1) is 38.2. The van der Waals surface area contributed by atoms with E-state index in [2.05, 4.69) is 9.47 Å². The summed E-state index contributed by atoms with van der Waals surface area (Å²) in [4.78, 5) is 0. The van der Waals surface area contributed by atoms with Crippen LogP contribution in [0.2, 0.25) is 0 Å². The SMILES string of the molecule is CCC(F)(F)C(F)(F)C(F)(F)CCOC(F)(F)F.CO.COC=C(F)F.FC(F)=C=C(F)F. The van der Waals surface area contributed by atoms with Crippen molar-refractivity contribution in [2.75, 3.05) is 20.8 Å². The molecule has 0 aliphatic rings. The van der Waals surface area contributed by atoms with Gasteiger partial charge in [0, 0.05) is 25.7 Å². The molecule has 0 heterocycles. The number of halogens is 15. The Labute approximate surface area is 176 Å². The predicted octanol–water partition coefficient (Wildman–Crippen LogP) is 7.35. The zero-order chi connectivity index (χ0) is 27.7. The van der Waals surface area contributed by atoms with Crippen LogP contribution in [0, 0.1) is 0 Å². The minimum Gasteiger partial charge on any atom is -0.499 e. The van der Waals surface area contributed by atoms with E-state index in [0.717, 1.165) is 7.11 Å². The number of alkyl halides is 9. The highest BCUT2D eigenvalue weighted by atomic mass is 19.4. The van der Waals surface area contributed by atoms with E-state index in [1.54, 1.807) is 0 Å². The van der Waals surface area contributed by atoms with Crippen LogP contribution in [-0.4, -0.2) is 50.1 Å². The van der Waals surface area contributed by atoms with Crippen molar-refractivity contribution in [1.82, 2.24) is 0 Å². The molecule has 0 spiro atoms.